The molecule has 6 nitrogen and oxygen atoms in total. The van der Waals surface area contributed by atoms with Crippen LogP contribution in [-0.2, 0) is 14.4 Å². The monoisotopic (exact) mass is 214 g/mol. The molecule has 0 radical (unpaired) electrons. The van der Waals surface area contributed by atoms with Crippen molar-refractivity contribution in [3.8, 4) is 0 Å². The van der Waals surface area contributed by atoms with Crippen LogP contribution in [0.2, 0.25) is 0 Å². The van der Waals surface area contributed by atoms with Crippen LogP contribution in [0.15, 0.2) is 0 Å². The van der Waals surface area contributed by atoms with Crippen molar-refractivity contribution >= 4 is 17.8 Å². The molecule has 1 fully saturated rings. The molecule has 1 aliphatic carbocycles. The van der Waals surface area contributed by atoms with Crippen LogP contribution < -0.4 is 11.1 Å². The van der Waals surface area contributed by atoms with Gasteiger partial charge in [-0.1, -0.05) is 6.42 Å². The van der Waals surface area contributed by atoms with Gasteiger partial charge in [0.1, 0.15) is 0 Å². The Morgan fingerprint density at radius 1 is 1.27 bits per heavy atom. The third-order valence-electron chi connectivity index (χ3n) is 2.61. The first-order valence-corrected chi connectivity index (χ1v) is 4.81. The van der Waals surface area contributed by atoms with Gasteiger partial charge in [0.15, 0.2) is 0 Å². The molecule has 4 N–H and O–H groups in total. The maximum absolute atomic E-state index is 11.5. The average molecular weight is 214 g/mol. The first-order valence-electron chi connectivity index (χ1n) is 4.81. The molecular formula is C9H14N2O4. The van der Waals surface area contributed by atoms with Crippen molar-refractivity contribution in [1.29, 1.82) is 0 Å². The summed E-state index contributed by atoms with van der Waals surface area (Å²) >= 11 is 0. The van der Waals surface area contributed by atoms with E-state index in [1.165, 1.54) is 0 Å². The van der Waals surface area contributed by atoms with Crippen molar-refractivity contribution in [2.24, 2.45) is 17.6 Å². The van der Waals surface area contributed by atoms with E-state index in [1.807, 2.05) is 0 Å². The van der Waals surface area contributed by atoms with Crippen molar-refractivity contribution in [1.82, 2.24) is 5.32 Å². The first-order chi connectivity index (χ1) is 7.02. The zero-order chi connectivity index (χ0) is 11.4. The third kappa shape index (κ3) is 2.93. The van der Waals surface area contributed by atoms with Gasteiger partial charge in [-0.2, -0.15) is 0 Å². The van der Waals surface area contributed by atoms with E-state index >= 15 is 0 Å². The Kier molecular flexibility index (Phi) is 3.65. The van der Waals surface area contributed by atoms with Crippen molar-refractivity contribution in [3.63, 3.8) is 0 Å². The van der Waals surface area contributed by atoms with Gasteiger partial charge in [-0.15, -0.1) is 0 Å². The summed E-state index contributed by atoms with van der Waals surface area (Å²) in [6, 6.07) is 0. The van der Waals surface area contributed by atoms with Gasteiger partial charge in [-0.25, -0.2) is 0 Å². The van der Waals surface area contributed by atoms with Crippen LogP contribution in [-0.4, -0.2) is 29.4 Å². The molecule has 2 atom stereocenters. The lowest BCUT2D eigenvalue weighted by molar-refractivity contribution is -0.146. The van der Waals surface area contributed by atoms with Crippen molar-refractivity contribution in [2.45, 2.75) is 19.3 Å². The molecule has 0 spiro atoms. The lowest BCUT2D eigenvalue weighted by Gasteiger charge is -2.14. The molecule has 84 valence electrons. The van der Waals surface area contributed by atoms with Crippen LogP contribution in [0.3, 0.4) is 0 Å². The van der Waals surface area contributed by atoms with Gasteiger partial charge >= 0.3 is 5.97 Å². The van der Waals surface area contributed by atoms with Crippen molar-refractivity contribution in [2.75, 3.05) is 6.54 Å². The highest BCUT2D eigenvalue weighted by Crippen LogP contribution is 2.31. The zero-order valence-corrected chi connectivity index (χ0v) is 8.23. The number of nitrogens with two attached hydrogens (primary N) is 1. The number of hydrogen-bond donors (Lipinski definition) is 3. The van der Waals surface area contributed by atoms with Crippen LogP contribution in [0.5, 0.6) is 0 Å². The first kappa shape index (κ1) is 11.5. The summed E-state index contributed by atoms with van der Waals surface area (Å²) in [5, 5.41) is 11.2. The van der Waals surface area contributed by atoms with E-state index in [9.17, 15) is 14.4 Å². The highest BCUT2D eigenvalue weighted by atomic mass is 16.4. The molecule has 0 saturated heterocycles. The average Bonchev–Trinajstić information content (AvgIpc) is 2.62. The number of amides is 2. The van der Waals surface area contributed by atoms with Crippen LogP contribution in [0, 0.1) is 11.8 Å². The summed E-state index contributed by atoms with van der Waals surface area (Å²) in [5.74, 6) is -3.13. The largest absolute Gasteiger partial charge is 0.481 e. The number of rotatable bonds is 4. The second-order valence-corrected chi connectivity index (χ2v) is 3.67. The molecule has 1 aliphatic rings. The van der Waals surface area contributed by atoms with E-state index in [0.29, 0.717) is 12.8 Å². The normalized spacial score (nSPS) is 24.8. The van der Waals surface area contributed by atoms with Crippen LogP contribution in [0.1, 0.15) is 19.3 Å². The van der Waals surface area contributed by atoms with E-state index in [0.717, 1.165) is 6.42 Å². The number of carbonyl (C=O) groups is 3. The smallest absolute Gasteiger partial charge is 0.307 e. The lowest BCUT2D eigenvalue weighted by atomic mass is 9.95. The molecule has 2 unspecified atom stereocenters. The summed E-state index contributed by atoms with van der Waals surface area (Å²) in [6.07, 6.45) is 1.80. The molecule has 0 aliphatic heterocycles. The minimum Gasteiger partial charge on any atom is -0.481 e. The molecule has 1 rings (SSSR count). The van der Waals surface area contributed by atoms with Gasteiger partial charge in [0.05, 0.1) is 18.4 Å². The van der Waals surface area contributed by atoms with Crippen LogP contribution >= 0.6 is 0 Å². The number of carboxylic acid groups (broad SMARTS) is 1. The fraction of sp³-hybridized carbons (Fsp3) is 0.667. The number of carboxylic acids is 1. The Labute approximate surface area is 86.8 Å². The molecule has 0 bridgehead atoms. The second kappa shape index (κ2) is 4.77. The molecule has 1 saturated carbocycles. The number of aliphatic carboxylic acids is 1. The van der Waals surface area contributed by atoms with Crippen LogP contribution in [0.25, 0.3) is 0 Å². The summed E-state index contributed by atoms with van der Waals surface area (Å²) in [7, 11) is 0. The Balaban J connectivity index is 2.51. The van der Waals surface area contributed by atoms with Gasteiger partial charge < -0.3 is 16.2 Å². The third-order valence-corrected chi connectivity index (χ3v) is 2.61. The quantitative estimate of drug-likeness (QED) is 0.562. The summed E-state index contributed by atoms with van der Waals surface area (Å²) in [4.78, 5) is 32.7. The van der Waals surface area contributed by atoms with E-state index in [2.05, 4.69) is 5.32 Å². The Morgan fingerprint density at radius 3 is 2.40 bits per heavy atom. The summed E-state index contributed by atoms with van der Waals surface area (Å²) in [5.41, 5.74) is 4.86. The van der Waals surface area contributed by atoms with E-state index in [1.54, 1.807) is 0 Å². The van der Waals surface area contributed by atoms with Gasteiger partial charge in [0.25, 0.3) is 0 Å². The molecule has 6 heteroatoms. The second-order valence-electron chi connectivity index (χ2n) is 3.67. The van der Waals surface area contributed by atoms with Gasteiger partial charge in [-0.05, 0) is 12.8 Å². The Morgan fingerprint density at radius 2 is 1.87 bits per heavy atom. The zero-order valence-electron chi connectivity index (χ0n) is 8.23. The van der Waals surface area contributed by atoms with Gasteiger partial charge in [0, 0.05) is 0 Å². The highest BCUT2D eigenvalue weighted by molar-refractivity contribution is 5.88. The van der Waals surface area contributed by atoms with E-state index in [4.69, 9.17) is 10.8 Å². The maximum atomic E-state index is 11.5. The summed E-state index contributed by atoms with van der Waals surface area (Å²) < 4.78 is 0. The number of nitrogens with one attached hydrogen (secondary N) is 1. The van der Waals surface area contributed by atoms with Crippen molar-refractivity contribution in [3.05, 3.63) is 0 Å². The molecular weight excluding hydrogens is 200 g/mol. The van der Waals surface area contributed by atoms with E-state index in [-0.39, 0.29) is 6.54 Å². The maximum Gasteiger partial charge on any atom is 0.307 e. The standard InChI is InChI=1S/C9H14N2O4/c10-7(12)4-11-8(13)5-2-1-3-6(5)9(14)15/h5-6H,1-4H2,(H2,10,12)(H,11,13)(H,14,15). The van der Waals surface area contributed by atoms with Crippen LogP contribution in [0.4, 0.5) is 0 Å². The molecule has 15 heavy (non-hydrogen) atoms. The topological polar surface area (TPSA) is 109 Å². The van der Waals surface area contributed by atoms with Gasteiger partial charge in [0.2, 0.25) is 11.8 Å². The molecule has 0 aromatic heterocycles. The molecule has 0 heterocycles. The molecule has 0 aromatic rings. The number of primary amides is 1. The summed E-state index contributed by atoms with van der Waals surface area (Å²) in [6.45, 7) is -0.234. The van der Waals surface area contributed by atoms with Gasteiger partial charge in [-0.3, -0.25) is 14.4 Å². The Bertz CT molecular complexity index is 290. The lowest BCUT2D eigenvalue weighted by Crippen LogP contribution is -2.39. The predicted molar refractivity (Wildman–Crippen MR) is 50.7 cm³/mol. The fourth-order valence-electron chi connectivity index (χ4n) is 1.87. The number of carbonyl (C=O) groups excluding carboxylic acids is 2. The molecule has 2 amide bonds. The Hall–Kier alpha value is -1.59. The highest BCUT2D eigenvalue weighted by Gasteiger charge is 2.37. The minimum atomic E-state index is -0.952. The SMILES string of the molecule is NC(=O)CNC(=O)C1CCCC1C(=O)O. The van der Waals surface area contributed by atoms with Crippen molar-refractivity contribution < 1.29 is 19.5 Å². The number of hydrogen-bond acceptors (Lipinski definition) is 3. The predicted octanol–water partition coefficient (Wildman–Crippen LogP) is -0.911. The molecule has 0 aromatic carbocycles. The fourth-order valence-corrected chi connectivity index (χ4v) is 1.87. The van der Waals surface area contributed by atoms with E-state index < -0.39 is 29.6 Å². The minimum absolute atomic E-state index is 0.234.